The summed E-state index contributed by atoms with van der Waals surface area (Å²) >= 11 is 0. The fourth-order valence-corrected chi connectivity index (χ4v) is 2.89. The van der Waals surface area contributed by atoms with Crippen molar-refractivity contribution in [3.05, 3.63) is 53.1 Å². The van der Waals surface area contributed by atoms with E-state index < -0.39 is 0 Å². The molecule has 0 aliphatic rings. The van der Waals surface area contributed by atoms with Gasteiger partial charge >= 0.3 is 0 Å². The summed E-state index contributed by atoms with van der Waals surface area (Å²) in [6, 6.07) is 6.87. The van der Waals surface area contributed by atoms with Crippen LogP contribution < -0.4 is 5.32 Å². The molecule has 0 aliphatic carbocycles. The molecule has 0 atom stereocenters. The lowest BCUT2D eigenvalue weighted by Crippen LogP contribution is -2.39. The molecule has 1 aromatic heterocycles. The Kier molecular flexibility index (Phi) is 9.04. The summed E-state index contributed by atoms with van der Waals surface area (Å²) in [5.41, 5.74) is 3.01. The zero-order valence-electron chi connectivity index (χ0n) is 16.2. The summed E-state index contributed by atoms with van der Waals surface area (Å²) in [6.45, 7) is 5.64. The van der Waals surface area contributed by atoms with Crippen molar-refractivity contribution in [3.63, 3.8) is 0 Å². The maximum Gasteiger partial charge on any atom is 0.193 e. The molecule has 2 aromatic rings. The maximum absolute atomic E-state index is 13.7. The highest BCUT2D eigenvalue weighted by Crippen LogP contribution is 2.18. The van der Waals surface area contributed by atoms with Crippen LogP contribution >= 0.6 is 24.0 Å². The van der Waals surface area contributed by atoms with Gasteiger partial charge in [-0.25, -0.2) is 4.39 Å². The number of rotatable bonds is 6. The largest absolute Gasteiger partial charge is 0.356 e. The van der Waals surface area contributed by atoms with Gasteiger partial charge in [-0.05, 0) is 24.0 Å². The number of nitrogens with one attached hydrogen (secondary N) is 1. The van der Waals surface area contributed by atoms with Gasteiger partial charge in [0.2, 0.25) is 0 Å². The lowest BCUT2D eigenvalue weighted by molar-refractivity contribution is 0.473. The first kappa shape index (κ1) is 22.4. The summed E-state index contributed by atoms with van der Waals surface area (Å²) in [5.74, 6) is 1.00. The molecule has 5 nitrogen and oxygen atoms in total. The number of hydrogen-bond acceptors (Lipinski definition) is 2. The molecule has 2 rings (SSSR count). The molecule has 26 heavy (non-hydrogen) atoms. The van der Waals surface area contributed by atoms with Crippen LogP contribution in [0.3, 0.4) is 0 Å². The van der Waals surface area contributed by atoms with Crippen LogP contribution in [0.5, 0.6) is 0 Å². The number of nitrogens with zero attached hydrogens (tertiary/aromatic N) is 4. The Hall–Kier alpha value is -1.64. The predicted molar refractivity (Wildman–Crippen MR) is 116 cm³/mol. The van der Waals surface area contributed by atoms with Crippen molar-refractivity contribution in [1.82, 2.24) is 20.0 Å². The molecular weight excluding hydrogens is 444 g/mol. The molecule has 0 saturated carbocycles. The number of benzene rings is 1. The van der Waals surface area contributed by atoms with Crippen LogP contribution in [0.1, 0.15) is 36.6 Å². The van der Waals surface area contributed by atoms with E-state index in [-0.39, 0.29) is 29.8 Å². The average Bonchev–Trinajstić information content (AvgIpc) is 2.93. The molecule has 0 spiro atoms. The fourth-order valence-electron chi connectivity index (χ4n) is 2.89. The monoisotopic (exact) mass is 473 g/mol. The summed E-state index contributed by atoms with van der Waals surface area (Å²) in [6.07, 6.45) is 2.67. The second kappa shape index (κ2) is 10.5. The summed E-state index contributed by atoms with van der Waals surface area (Å²) in [5, 5.41) is 7.85. The molecule has 1 N–H and O–H groups in total. The smallest absolute Gasteiger partial charge is 0.193 e. The van der Waals surface area contributed by atoms with Gasteiger partial charge in [0.05, 0.1) is 5.69 Å². The number of halogens is 2. The van der Waals surface area contributed by atoms with Crippen LogP contribution in [0.2, 0.25) is 0 Å². The van der Waals surface area contributed by atoms with Gasteiger partial charge in [0.25, 0.3) is 0 Å². The van der Waals surface area contributed by atoms with Crippen molar-refractivity contribution in [2.24, 2.45) is 12.0 Å². The van der Waals surface area contributed by atoms with Gasteiger partial charge in [0.15, 0.2) is 5.96 Å². The number of guanidine groups is 1. The highest BCUT2D eigenvalue weighted by Gasteiger charge is 2.15. The Morgan fingerprint density at radius 3 is 2.62 bits per heavy atom. The Morgan fingerprint density at radius 2 is 2.00 bits per heavy atom. The van der Waals surface area contributed by atoms with Gasteiger partial charge in [-0.1, -0.05) is 32.0 Å². The molecule has 144 valence electrons. The zero-order chi connectivity index (χ0) is 18.4. The van der Waals surface area contributed by atoms with E-state index in [1.54, 1.807) is 13.1 Å². The van der Waals surface area contributed by atoms with Crippen LogP contribution in [-0.4, -0.2) is 41.3 Å². The third-order valence-electron chi connectivity index (χ3n) is 4.10. The second-order valence-corrected chi connectivity index (χ2v) is 6.54. The Bertz CT molecular complexity index is 726. The quantitative estimate of drug-likeness (QED) is 0.397. The third kappa shape index (κ3) is 5.96. The number of hydrogen-bond donors (Lipinski definition) is 1. The van der Waals surface area contributed by atoms with Gasteiger partial charge in [-0.2, -0.15) is 5.10 Å². The van der Waals surface area contributed by atoms with E-state index in [9.17, 15) is 4.39 Å². The van der Waals surface area contributed by atoms with E-state index in [0.717, 1.165) is 18.2 Å². The van der Waals surface area contributed by atoms with E-state index in [1.165, 1.54) is 11.6 Å². The first-order chi connectivity index (χ1) is 11.9. The van der Waals surface area contributed by atoms with Crippen molar-refractivity contribution in [2.75, 3.05) is 20.6 Å². The lowest BCUT2D eigenvalue weighted by atomic mass is 10.1. The van der Waals surface area contributed by atoms with Gasteiger partial charge in [-0.15, -0.1) is 24.0 Å². The predicted octanol–water partition coefficient (Wildman–Crippen LogP) is 3.55. The molecule has 0 bridgehead atoms. The van der Waals surface area contributed by atoms with E-state index in [2.05, 4.69) is 40.4 Å². The molecule has 1 heterocycles. The first-order valence-corrected chi connectivity index (χ1v) is 8.60. The van der Waals surface area contributed by atoms with Crippen LogP contribution in [0, 0.1) is 5.82 Å². The minimum atomic E-state index is -0.162. The van der Waals surface area contributed by atoms with E-state index in [4.69, 9.17) is 0 Å². The van der Waals surface area contributed by atoms with Crippen LogP contribution in [0.4, 0.5) is 4.39 Å². The lowest BCUT2D eigenvalue weighted by Gasteiger charge is -2.22. The molecule has 0 aliphatic heterocycles. The van der Waals surface area contributed by atoms with Crippen LogP contribution in [0.25, 0.3) is 0 Å². The summed E-state index contributed by atoms with van der Waals surface area (Å²) < 4.78 is 15.5. The molecule has 0 fully saturated rings. The number of aliphatic imine (C=N–C) groups is 1. The highest BCUT2D eigenvalue weighted by atomic mass is 127. The maximum atomic E-state index is 13.7. The van der Waals surface area contributed by atoms with E-state index in [1.807, 2.05) is 30.9 Å². The highest BCUT2D eigenvalue weighted by molar-refractivity contribution is 14.0. The van der Waals surface area contributed by atoms with Crippen molar-refractivity contribution in [2.45, 2.75) is 32.7 Å². The van der Waals surface area contributed by atoms with Crippen molar-refractivity contribution >= 4 is 29.9 Å². The fraction of sp³-hybridized carbons (Fsp3) is 0.474. The Balaban J connectivity index is 0.00000338. The van der Waals surface area contributed by atoms with Gasteiger partial charge < -0.3 is 10.2 Å². The van der Waals surface area contributed by atoms with Crippen LogP contribution in [-0.2, 0) is 20.0 Å². The number of aromatic nitrogens is 2. The number of aryl methyl sites for hydroxylation is 1. The molecule has 0 unspecified atom stereocenters. The molecule has 0 radical (unpaired) electrons. The average molecular weight is 473 g/mol. The molecule has 0 saturated heterocycles. The van der Waals surface area contributed by atoms with Crippen LogP contribution in [0.15, 0.2) is 35.5 Å². The minimum Gasteiger partial charge on any atom is -0.356 e. The van der Waals surface area contributed by atoms with Crippen molar-refractivity contribution < 1.29 is 4.39 Å². The normalized spacial score (nSPS) is 11.4. The summed E-state index contributed by atoms with van der Waals surface area (Å²) in [7, 11) is 5.70. The molecule has 0 amide bonds. The topological polar surface area (TPSA) is 45.5 Å². The Labute approximate surface area is 172 Å². The second-order valence-electron chi connectivity index (χ2n) is 6.54. The minimum absolute atomic E-state index is 0. The van der Waals surface area contributed by atoms with Gasteiger partial charge in [-0.3, -0.25) is 9.67 Å². The van der Waals surface area contributed by atoms with Crippen molar-refractivity contribution in [1.29, 1.82) is 0 Å². The SMILES string of the molecule is CN=C(NCCc1ccccc1F)N(C)Cc1cn(C)nc1C(C)C.I. The summed E-state index contributed by atoms with van der Waals surface area (Å²) in [4.78, 5) is 6.39. The zero-order valence-corrected chi connectivity index (χ0v) is 18.5. The van der Waals surface area contributed by atoms with Gasteiger partial charge in [0.1, 0.15) is 5.82 Å². The third-order valence-corrected chi connectivity index (χ3v) is 4.10. The standard InChI is InChI=1S/C19H28FN5.HI/c1-14(2)18-16(13-25(5)23-18)12-24(4)19(21-3)22-11-10-15-8-6-7-9-17(15)20;/h6-9,13-14H,10-12H2,1-5H3,(H,21,22);1H. The van der Waals surface area contributed by atoms with Gasteiger partial charge in [0, 0.05) is 46.0 Å². The Morgan fingerprint density at radius 1 is 1.31 bits per heavy atom. The first-order valence-electron chi connectivity index (χ1n) is 8.60. The molecule has 1 aromatic carbocycles. The molecular formula is C19H29FIN5. The van der Waals surface area contributed by atoms with E-state index >= 15 is 0 Å². The van der Waals surface area contributed by atoms with E-state index in [0.29, 0.717) is 24.4 Å². The van der Waals surface area contributed by atoms with Crippen molar-refractivity contribution in [3.8, 4) is 0 Å². The molecule has 7 heteroatoms.